The minimum atomic E-state index is -0.172. The Labute approximate surface area is 107 Å². The van der Waals surface area contributed by atoms with Crippen LogP contribution in [0.25, 0.3) is 0 Å². The molecule has 1 fully saturated rings. The van der Waals surface area contributed by atoms with E-state index in [1.54, 1.807) is 0 Å². The molecule has 1 aromatic rings. The SMILES string of the molecule is CCC1(C(=O)N2CCn3ccnc3C2)CCNC1. The molecule has 1 N–H and O–H groups in total. The van der Waals surface area contributed by atoms with Crippen LogP contribution in [0.4, 0.5) is 0 Å². The smallest absolute Gasteiger partial charge is 0.230 e. The Hall–Kier alpha value is -1.36. The number of nitrogens with zero attached hydrogens (tertiary/aromatic N) is 3. The highest BCUT2D eigenvalue weighted by atomic mass is 16.2. The van der Waals surface area contributed by atoms with E-state index in [1.165, 1.54) is 0 Å². The zero-order chi connectivity index (χ0) is 12.6. The number of nitrogens with one attached hydrogen (secondary N) is 1. The van der Waals surface area contributed by atoms with E-state index in [0.717, 1.165) is 44.8 Å². The van der Waals surface area contributed by atoms with Crippen molar-refractivity contribution in [3.63, 3.8) is 0 Å². The molecule has 1 unspecified atom stereocenters. The maximum Gasteiger partial charge on any atom is 0.230 e. The van der Waals surface area contributed by atoms with Crippen LogP contribution in [0.1, 0.15) is 25.6 Å². The number of hydrogen-bond acceptors (Lipinski definition) is 3. The predicted octanol–water partition coefficient (Wildman–Crippen LogP) is 0.615. The monoisotopic (exact) mass is 248 g/mol. The molecule has 3 rings (SSSR count). The molecule has 1 saturated heterocycles. The van der Waals surface area contributed by atoms with Gasteiger partial charge in [0.1, 0.15) is 5.82 Å². The Bertz CT molecular complexity index is 448. The van der Waals surface area contributed by atoms with Gasteiger partial charge in [0.25, 0.3) is 0 Å². The highest BCUT2D eigenvalue weighted by molar-refractivity contribution is 5.83. The van der Waals surface area contributed by atoms with Gasteiger partial charge in [0.2, 0.25) is 5.91 Å². The summed E-state index contributed by atoms with van der Waals surface area (Å²) in [5.41, 5.74) is -0.172. The number of hydrogen-bond donors (Lipinski definition) is 1. The second-order valence-electron chi connectivity index (χ2n) is 5.32. The second kappa shape index (κ2) is 4.39. The average molecular weight is 248 g/mol. The Morgan fingerprint density at radius 2 is 2.44 bits per heavy atom. The van der Waals surface area contributed by atoms with Crippen LogP contribution in [0.5, 0.6) is 0 Å². The number of imidazole rings is 1. The van der Waals surface area contributed by atoms with E-state index in [9.17, 15) is 4.79 Å². The molecular weight excluding hydrogens is 228 g/mol. The topological polar surface area (TPSA) is 50.2 Å². The van der Waals surface area contributed by atoms with E-state index >= 15 is 0 Å². The first-order chi connectivity index (χ1) is 8.75. The zero-order valence-corrected chi connectivity index (χ0v) is 10.9. The summed E-state index contributed by atoms with van der Waals surface area (Å²) >= 11 is 0. The van der Waals surface area contributed by atoms with E-state index in [-0.39, 0.29) is 5.41 Å². The molecule has 2 aliphatic heterocycles. The molecule has 1 amide bonds. The highest BCUT2D eigenvalue weighted by Crippen LogP contribution is 2.32. The van der Waals surface area contributed by atoms with Crippen molar-refractivity contribution in [1.82, 2.24) is 19.8 Å². The Morgan fingerprint density at radius 1 is 1.56 bits per heavy atom. The van der Waals surface area contributed by atoms with E-state index in [4.69, 9.17) is 0 Å². The van der Waals surface area contributed by atoms with Crippen LogP contribution in [0.3, 0.4) is 0 Å². The van der Waals surface area contributed by atoms with Crippen LogP contribution >= 0.6 is 0 Å². The summed E-state index contributed by atoms with van der Waals surface area (Å²) in [6.45, 7) is 6.25. The minimum absolute atomic E-state index is 0.172. The molecule has 0 spiro atoms. The normalized spacial score (nSPS) is 27.3. The van der Waals surface area contributed by atoms with Crippen LogP contribution < -0.4 is 5.32 Å². The van der Waals surface area contributed by atoms with E-state index in [1.807, 2.05) is 17.3 Å². The average Bonchev–Trinajstić information content (AvgIpc) is 3.06. The van der Waals surface area contributed by atoms with Gasteiger partial charge in [-0.3, -0.25) is 4.79 Å². The van der Waals surface area contributed by atoms with Gasteiger partial charge in [-0.25, -0.2) is 4.98 Å². The fourth-order valence-corrected chi connectivity index (χ4v) is 3.06. The maximum atomic E-state index is 12.7. The van der Waals surface area contributed by atoms with Crippen molar-refractivity contribution in [3.8, 4) is 0 Å². The number of aromatic nitrogens is 2. The van der Waals surface area contributed by atoms with Crippen LogP contribution in [-0.2, 0) is 17.9 Å². The van der Waals surface area contributed by atoms with Crippen molar-refractivity contribution >= 4 is 5.91 Å². The molecule has 3 heterocycles. The van der Waals surface area contributed by atoms with E-state index in [0.29, 0.717) is 12.5 Å². The lowest BCUT2D eigenvalue weighted by Crippen LogP contribution is -2.47. The Kier molecular flexibility index (Phi) is 2.86. The van der Waals surface area contributed by atoms with Crippen molar-refractivity contribution in [3.05, 3.63) is 18.2 Å². The fourth-order valence-electron chi connectivity index (χ4n) is 3.06. The molecule has 5 heteroatoms. The van der Waals surface area contributed by atoms with Crippen molar-refractivity contribution < 1.29 is 4.79 Å². The minimum Gasteiger partial charge on any atom is -0.333 e. The molecule has 5 nitrogen and oxygen atoms in total. The number of carbonyl (C=O) groups excluding carboxylic acids is 1. The molecule has 0 saturated carbocycles. The lowest BCUT2D eigenvalue weighted by molar-refractivity contribution is -0.143. The largest absolute Gasteiger partial charge is 0.333 e. The molecule has 2 aliphatic rings. The van der Waals surface area contributed by atoms with Crippen LogP contribution in [-0.4, -0.2) is 40.0 Å². The third-order valence-corrected chi connectivity index (χ3v) is 4.41. The molecule has 18 heavy (non-hydrogen) atoms. The molecule has 1 atom stereocenters. The summed E-state index contributed by atoms with van der Waals surface area (Å²) < 4.78 is 2.13. The molecule has 0 bridgehead atoms. The first-order valence-electron chi connectivity index (χ1n) is 6.75. The summed E-state index contributed by atoms with van der Waals surface area (Å²) in [7, 11) is 0. The van der Waals surface area contributed by atoms with E-state index < -0.39 is 0 Å². The van der Waals surface area contributed by atoms with Crippen molar-refractivity contribution in [2.45, 2.75) is 32.9 Å². The van der Waals surface area contributed by atoms with Gasteiger partial charge in [-0.15, -0.1) is 0 Å². The standard InChI is InChI=1S/C13H20N4O/c1-2-13(3-4-14-10-13)12(18)17-8-7-16-6-5-15-11(16)9-17/h5-6,14H,2-4,7-10H2,1H3. The van der Waals surface area contributed by atoms with Crippen LogP contribution in [0.2, 0.25) is 0 Å². The van der Waals surface area contributed by atoms with Gasteiger partial charge < -0.3 is 14.8 Å². The van der Waals surface area contributed by atoms with Crippen molar-refractivity contribution in [2.24, 2.45) is 5.41 Å². The van der Waals surface area contributed by atoms with Gasteiger partial charge in [-0.1, -0.05) is 6.92 Å². The molecule has 0 aliphatic carbocycles. The summed E-state index contributed by atoms with van der Waals surface area (Å²) in [5, 5.41) is 3.33. The molecule has 0 radical (unpaired) electrons. The summed E-state index contributed by atoms with van der Waals surface area (Å²) in [6, 6.07) is 0. The van der Waals surface area contributed by atoms with Gasteiger partial charge >= 0.3 is 0 Å². The molecule has 1 aromatic heterocycles. The zero-order valence-electron chi connectivity index (χ0n) is 10.9. The first kappa shape index (κ1) is 11.7. The predicted molar refractivity (Wildman–Crippen MR) is 67.9 cm³/mol. The van der Waals surface area contributed by atoms with Gasteiger partial charge in [0, 0.05) is 32.0 Å². The van der Waals surface area contributed by atoms with Crippen molar-refractivity contribution in [2.75, 3.05) is 19.6 Å². The van der Waals surface area contributed by atoms with Gasteiger partial charge in [0.15, 0.2) is 0 Å². The second-order valence-corrected chi connectivity index (χ2v) is 5.32. The fraction of sp³-hybridized carbons (Fsp3) is 0.692. The highest BCUT2D eigenvalue weighted by Gasteiger charge is 2.42. The third kappa shape index (κ3) is 1.73. The number of amides is 1. The third-order valence-electron chi connectivity index (χ3n) is 4.41. The molecule has 0 aromatic carbocycles. The lowest BCUT2D eigenvalue weighted by Gasteiger charge is -2.35. The molecular formula is C13H20N4O. The molecule has 98 valence electrons. The summed E-state index contributed by atoms with van der Waals surface area (Å²) in [5.74, 6) is 1.32. The maximum absolute atomic E-state index is 12.7. The summed E-state index contributed by atoms with van der Waals surface area (Å²) in [4.78, 5) is 19.0. The first-order valence-corrected chi connectivity index (χ1v) is 6.75. The number of carbonyl (C=O) groups is 1. The summed E-state index contributed by atoms with van der Waals surface area (Å²) in [6.07, 6.45) is 5.69. The Balaban J connectivity index is 1.78. The Morgan fingerprint density at radius 3 is 3.17 bits per heavy atom. The van der Waals surface area contributed by atoms with Crippen molar-refractivity contribution in [1.29, 1.82) is 0 Å². The lowest BCUT2D eigenvalue weighted by atomic mass is 9.82. The number of fused-ring (bicyclic) bond motifs is 1. The van der Waals surface area contributed by atoms with Crippen LogP contribution in [0, 0.1) is 5.41 Å². The number of rotatable bonds is 2. The van der Waals surface area contributed by atoms with Crippen LogP contribution in [0.15, 0.2) is 12.4 Å². The van der Waals surface area contributed by atoms with E-state index in [2.05, 4.69) is 21.8 Å². The van der Waals surface area contributed by atoms with Gasteiger partial charge in [-0.05, 0) is 19.4 Å². The quantitative estimate of drug-likeness (QED) is 0.834. The van der Waals surface area contributed by atoms with Gasteiger partial charge in [-0.2, -0.15) is 0 Å². The van der Waals surface area contributed by atoms with Gasteiger partial charge in [0.05, 0.1) is 12.0 Å².